The minimum atomic E-state index is -3.81. The third kappa shape index (κ3) is 4.66. The van der Waals surface area contributed by atoms with Crippen molar-refractivity contribution >= 4 is 16.0 Å². The molecule has 1 aromatic heterocycles. The monoisotopic (exact) mass is 290 g/mol. The van der Waals surface area contributed by atoms with Gasteiger partial charge in [-0.15, -0.1) is 0 Å². The summed E-state index contributed by atoms with van der Waals surface area (Å²) < 4.78 is 25.9. The van der Waals surface area contributed by atoms with Gasteiger partial charge in [-0.05, 0) is 18.4 Å². The topological polar surface area (TPSA) is 119 Å². The Bertz CT molecular complexity index is 535. The molecule has 0 radical (unpaired) electrons. The number of aromatic nitrogens is 1. The maximum absolute atomic E-state index is 11.8. The van der Waals surface area contributed by atoms with Gasteiger partial charge in [-0.3, -0.25) is 0 Å². The SMILES string of the molecule is CC(C)CC(O)CNS(=O)(=O)c1c[nH]c(C(=O)O)c1. The molecule has 0 amide bonds. The van der Waals surface area contributed by atoms with Crippen molar-refractivity contribution in [2.45, 2.75) is 31.3 Å². The van der Waals surface area contributed by atoms with Crippen molar-refractivity contribution in [3.63, 3.8) is 0 Å². The van der Waals surface area contributed by atoms with E-state index in [9.17, 15) is 18.3 Å². The molecule has 8 heteroatoms. The number of hydrogen-bond donors (Lipinski definition) is 4. The van der Waals surface area contributed by atoms with E-state index in [2.05, 4.69) is 9.71 Å². The van der Waals surface area contributed by atoms with Crippen LogP contribution in [-0.4, -0.2) is 42.2 Å². The van der Waals surface area contributed by atoms with Gasteiger partial charge in [-0.25, -0.2) is 17.9 Å². The van der Waals surface area contributed by atoms with Gasteiger partial charge in [-0.1, -0.05) is 13.8 Å². The summed E-state index contributed by atoms with van der Waals surface area (Å²) in [6.45, 7) is 3.74. The van der Waals surface area contributed by atoms with Gasteiger partial charge in [0.2, 0.25) is 10.0 Å². The van der Waals surface area contributed by atoms with Crippen LogP contribution in [0.15, 0.2) is 17.2 Å². The number of nitrogens with one attached hydrogen (secondary N) is 2. The highest BCUT2D eigenvalue weighted by Crippen LogP contribution is 2.11. The number of aliphatic hydroxyl groups excluding tert-OH is 1. The second-order valence-electron chi connectivity index (χ2n) is 4.69. The first-order valence-corrected chi connectivity index (χ1v) is 7.30. The fourth-order valence-corrected chi connectivity index (χ4v) is 2.64. The zero-order chi connectivity index (χ0) is 14.6. The van der Waals surface area contributed by atoms with Crippen LogP contribution in [0.5, 0.6) is 0 Å². The highest BCUT2D eigenvalue weighted by atomic mass is 32.2. The molecule has 0 bridgehead atoms. The molecular formula is C11H18N2O5S. The van der Waals surface area contributed by atoms with Crippen molar-refractivity contribution in [1.82, 2.24) is 9.71 Å². The maximum Gasteiger partial charge on any atom is 0.352 e. The Morgan fingerprint density at radius 1 is 1.47 bits per heavy atom. The molecule has 1 aromatic rings. The molecule has 0 aliphatic heterocycles. The molecule has 0 fully saturated rings. The maximum atomic E-state index is 11.8. The number of sulfonamides is 1. The molecule has 7 nitrogen and oxygen atoms in total. The lowest BCUT2D eigenvalue weighted by Crippen LogP contribution is -2.32. The Balaban J connectivity index is 2.67. The minimum absolute atomic E-state index is 0.103. The van der Waals surface area contributed by atoms with Gasteiger partial charge in [0.25, 0.3) is 0 Å². The van der Waals surface area contributed by atoms with Crippen LogP contribution in [0.25, 0.3) is 0 Å². The number of H-pyrrole nitrogens is 1. The van der Waals surface area contributed by atoms with Gasteiger partial charge in [-0.2, -0.15) is 0 Å². The van der Waals surface area contributed by atoms with Crippen LogP contribution in [-0.2, 0) is 10.0 Å². The lowest BCUT2D eigenvalue weighted by atomic mass is 10.1. The first-order chi connectivity index (χ1) is 8.72. The van der Waals surface area contributed by atoms with Crippen LogP contribution in [0.2, 0.25) is 0 Å². The Morgan fingerprint density at radius 3 is 2.58 bits per heavy atom. The van der Waals surface area contributed by atoms with Crippen LogP contribution >= 0.6 is 0 Å². The highest BCUT2D eigenvalue weighted by Gasteiger charge is 2.19. The molecule has 0 saturated heterocycles. The van der Waals surface area contributed by atoms with Crippen molar-refractivity contribution in [3.8, 4) is 0 Å². The summed E-state index contributed by atoms with van der Waals surface area (Å²) >= 11 is 0. The summed E-state index contributed by atoms with van der Waals surface area (Å²) in [6.07, 6.45) is 0.809. The highest BCUT2D eigenvalue weighted by molar-refractivity contribution is 7.89. The smallest absolute Gasteiger partial charge is 0.352 e. The predicted molar refractivity (Wildman–Crippen MR) is 68.4 cm³/mol. The number of aromatic carboxylic acids is 1. The van der Waals surface area contributed by atoms with Crippen LogP contribution in [0.1, 0.15) is 30.8 Å². The fraction of sp³-hybridized carbons (Fsp3) is 0.545. The lowest BCUT2D eigenvalue weighted by molar-refractivity contribution is 0.0691. The number of carbonyl (C=O) groups is 1. The number of rotatable bonds is 7. The molecule has 1 atom stereocenters. The first kappa shape index (κ1) is 15.7. The molecule has 0 aliphatic rings. The van der Waals surface area contributed by atoms with E-state index in [1.54, 1.807) is 0 Å². The van der Waals surface area contributed by atoms with Crippen molar-refractivity contribution in [2.24, 2.45) is 5.92 Å². The van der Waals surface area contributed by atoms with Gasteiger partial charge in [0, 0.05) is 12.7 Å². The minimum Gasteiger partial charge on any atom is -0.477 e. The molecule has 4 N–H and O–H groups in total. The van der Waals surface area contributed by atoms with Crippen LogP contribution in [0.4, 0.5) is 0 Å². The molecule has 0 aliphatic carbocycles. The van der Waals surface area contributed by atoms with E-state index in [0.29, 0.717) is 6.42 Å². The number of aliphatic hydroxyl groups is 1. The number of aromatic amines is 1. The molecule has 1 rings (SSSR count). The third-order valence-electron chi connectivity index (χ3n) is 2.45. The molecular weight excluding hydrogens is 272 g/mol. The van der Waals surface area contributed by atoms with Gasteiger partial charge in [0.15, 0.2) is 0 Å². The zero-order valence-electron chi connectivity index (χ0n) is 10.8. The van der Waals surface area contributed by atoms with Gasteiger partial charge in [0.1, 0.15) is 10.6 Å². The summed E-state index contributed by atoms with van der Waals surface area (Å²) in [5, 5.41) is 18.3. The summed E-state index contributed by atoms with van der Waals surface area (Å²) in [4.78, 5) is 12.8. The Labute approximate surface area is 111 Å². The van der Waals surface area contributed by atoms with E-state index >= 15 is 0 Å². The van der Waals surface area contributed by atoms with Crippen LogP contribution in [0, 0.1) is 5.92 Å². The second kappa shape index (κ2) is 6.18. The summed E-state index contributed by atoms with van der Waals surface area (Å²) in [6, 6.07) is 1.03. The third-order valence-corrected chi connectivity index (χ3v) is 3.85. The number of carboxylic acids is 1. The first-order valence-electron chi connectivity index (χ1n) is 5.82. The summed E-state index contributed by atoms with van der Waals surface area (Å²) in [5.74, 6) is -0.980. The van der Waals surface area contributed by atoms with E-state index in [0.717, 1.165) is 12.3 Å². The molecule has 0 saturated carbocycles. The normalized spacial score (nSPS) is 13.7. The molecule has 19 heavy (non-hydrogen) atoms. The lowest BCUT2D eigenvalue weighted by Gasteiger charge is -2.13. The zero-order valence-corrected chi connectivity index (χ0v) is 11.6. The Kier molecular flexibility index (Phi) is 5.10. The Morgan fingerprint density at radius 2 is 2.11 bits per heavy atom. The van der Waals surface area contributed by atoms with E-state index < -0.39 is 22.1 Å². The Hall–Kier alpha value is -1.38. The van der Waals surface area contributed by atoms with Crippen molar-refractivity contribution in [2.75, 3.05) is 6.54 Å². The standard InChI is InChI=1S/C11H18N2O5S/c1-7(2)3-8(14)5-13-19(17,18)9-4-10(11(15)16)12-6-9/h4,6-8,12-14H,3,5H2,1-2H3,(H,15,16). The molecule has 108 valence electrons. The second-order valence-corrected chi connectivity index (χ2v) is 6.46. The molecule has 0 spiro atoms. The average molecular weight is 290 g/mol. The van der Waals surface area contributed by atoms with Gasteiger partial charge < -0.3 is 15.2 Å². The van der Waals surface area contributed by atoms with E-state index in [-0.39, 0.29) is 23.1 Å². The molecule has 1 unspecified atom stereocenters. The van der Waals surface area contributed by atoms with E-state index in [1.165, 1.54) is 0 Å². The van der Waals surface area contributed by atoms with Gasteiger partial charge >= 0.3 is 5.97 Å². The summed E-state index contributed by atoms with van der Waals surface area (Å²) in [7, 11) is -3.81. The molecule has 1 heterocycles. The van der Waals surface area contributed by atoms with Crippen molar-refractivity contribution in [1.29, 1.82) is 0 Å². The summed E-state index contributed by atoms with van der Waals surface area (Å²) in [5.41, 5.74) is -0.205. The average Bonchev–Trinajstić information content (AvgIpc) is 2.75. The fourth-order valence-electron chi connectivity index (χ4n) is 1.57. The van der Waals surface area contributed by atoms with E-state index in [1.807, 2.05) is 13.8 Å². The van der Waals surface area contributed by atoms with Gasteiger partial charge in [0.05, 0.1) is 6.10 Å². The predicted octanol–water partition coefficient (Wildman–Crippen LogP) is 0.398. The largest absolute Gasteiger partial charge is 0.477 e. The van der Waals surface area contributed by atoms with Crippen molar-refractivity contribution in [3.05, 3.63) is 18.0 Å². The number of carboxylic acid groups (broad SMARTS) is 1. The van der Waals surface area contributed by atoms with Crippen molar-refractivity contribution < 1.29 is 23.4 Å². The van der Waals surface area contributed by atoms with Crippen LogP contribution in [0.3, 0.4) is 0 Å². The van der Waals surface area contributed by atoms with E-state index in [4.69, 9.17) is 5.11 Å². The van der Waals surface area contributed by atoms with Crippen LogP contribution < -0.4 is 4.72 Å². The quantitative estimate of drug-likeness (QED) is 0.579. The number of hydrogen-bond acceptors (Lipinski definition) is 4. The molecule has 0 aromatic carbocycles.